The van der Waals surface area contributed by atoms with Crippen molar-refractivity contribution in [3.05, 3.63) is 23.9 Å². The number of pyridine rings is 1. The minimum absolute atomic E-state index is 0.391. The summed E-state index contributed by atoms with van der Waals surface area (Å²) in [5.41, 5.74) is 0.352. The summed E-state index contributed by atoms with van der Waals surface area (Å²) in [6.07, 6.45) is 2.85. The second kappa shape index (κ2) is 5.35. The van der Waals surface area contributed by atoms with Gasteiger partial charge in [0.05, 0.1) is 5.41 Å². The molecule has 0 unspecified atom stereocenters. The quantitative estimate of drug-likeness (QED) is 0.850. The normalized spacial score (nSPS) is 18.3. The number of carboxylic acid groups (broad SMARTS) is 1. The van der Waals surface area contributed by atoms with Crippen LogP contribution in [0.4, 0.5) is 5.82 Å². The van der Waals surface area contributed by atoms with Crippen molar-refractivity contribution in [1.29, 1.82) is 0 Å². The van der Waals surface area contributed by atoms with Gasteiger partial charge in [0.15, 0.2) is 0 Å². The van der Waals surface area contributed by atoms with Gasteiger partial charge in [-0.15, -0.1) is 0 Å². The Morgan fingerprint density at radius 2 is 2.22 bits per heavy atom. The molecule has 5 nitrogen and oxygen atoms in total. The maximum atomic E-state index is 11.4. The van der Waals surface area contributed by atoms with Gasteiger partial charge in [0, 0.05) is 26.0 Å². The molecule has 0 spiro atoms. The lowest BCUT2D eigenvalue weighted by Crippen LogP contribution is -2.42. The standard InChI is InChI=1S/C13H18N2O3/c1-10-2-3-11(14-8-10)15-9-13(12(16)17)4-6-18-7-5-13/h2-3,8H,4-7,9H2,1H3,(H,14,15)(H,16,17). The number of hydrogen-bond acceptors (Lipinski definition) is 4. The van der Waals surface area contributed by atoms with Crippen molar-refractivity contribution < 1.29 is 14.6 Å². The number of nitrogens with one attached hydrogen (secondary N) is 1. The minimum Gasteiger partial charge on any atom is -0.481 e. The number of hydrogen-bond donors (Lipinski definition) is 2. The van der Waals surface area contributed by atoms with E-state index in [0.29, 0.717) is 38.4 Å². The summed E-state index contributed by atoms with van der Waals surface area (Å²) < 4.78 is 5.24. The second-order valence-electron chi connectivity index (χ2n) is 4.77. The van der Waals surface area contributed by atoms with Gasteiger partial charge in [-0.3, -0.25) is 4.79 Å². The highest BCUT2D eigenvalue weighted by Crippen LogP contribution is 2.31. The minimum atomic E-state index is -0.759. The van der Waals surface area contributed by atoms with Gasteiger partial charge in [0.1, 0.15) is 5.82 Å². The van der Waals surface area contributed by atoms with Gasteiger partial charge in [-0.05, 0) is 31.4 Å². The number of aromatic nitrogens is 1. The number of rotatable bonds is 4. The van der Waals surface area contributed by atoms with Gasteiger partial charge < -0.3 is 15.2 Å². The Hall–Kier alpha value is -1.62. The molecule has 0 saturated carbocycles. The number of carboxylic acids is 1. The van der Waals surface area contributed by atoms with Gasteiger partial charge in [0.25, 0.3) is 0 Å². The average Bonchev–Trinajstić information content (AvgIpc) is 2.39. The van der Waals surface area contributed by atoms with E-state index < -0.39 is 11.4 Å². The van der Waals surface area contributed by atoms with Crippen molar-refractivity contribution in [2.45, 2.75) is 19.8 Å². The van der Waals surface area contributed by atoms with E-state index in [1.54, 1.807) is 6.20 Å². The monoisotopic (exact) mass is 250 g/mol. The molecular weight excluding hydrogens is 232 g/mol. The van der Waals surface area contributed by atoms with Gasteiger partial charge in [0.2, 0.25) is 0 Å². The molecule has 1 aromatic heterocycles. The van der Waals surface area contributed by atoms with Crippen molar-refractivity contribution >= 4 is 11.8 Å². The summed E-state index contributed by atoms with van der Waals surface area (Å²) >= 11 is 0. The number of aryl methyl sites for hydroxylation is 1. The molecule has 1 aliphatic rings. The van der Waals surface area contributed by atoms with Crippen LogP contribution >= 0.6 is 0 Å². The Kier molecular flexibility index (Phi) is 3.81. The first-order chi connectivity index (χ1) is 8.62. The van der Waals surface area contributed by atoms with Gasteiger partial charge in [-0.25, -0.2) is 4.98 Å². The smallest absolute Gasteiger partial charge is 0.311 e. The highest BCUT2D eigenvalue weighted by Gasteiger charge is 2.40. The summed E-state index contributed by atoms with van der Waals surface area (Å²) in [4.78, 5) is 15.7. The first-order valence-corrected chi connectivity index (χ1v) is 6.10. The van der Waals surface area contributed by atoms with Crippen LogP contribution < -0.4 is 5.32 Å². The van der Waals surface area contributed by atoms with E-state index in [9.17, 15) is 9.90 Å². The topological polar surface area (TPSA) is 71.5 Å². The van der Waals surface area contributed by atoms with Crippen molar-refractivity contribution in [3.8, 4) is 0 Å². The fraction of sp³-hybridized carbons (Fsp3) is 0.538. The maximum Gasteiger partial charge on any atom is 0.311 e. The molecule has 1 saturated heterocycles. The number of ether oxygens (including phenoxy) is 1. The van der Waals surface area contributed by atoms with Gasteiger partial charge in [-0.2, -0.15) is 0 Å². The Labute approximate surface area is 106 Å². The summed E-state index contributed by atoms with van der Waals surface area (Å²) in [6.45, 7) is 3.38. The highest BCUT2D eigenvalue weighted by molar-refractivity contribution is 5.75. The fourth-order valence-corrected chi connectivity index (χ4v) is 2.06. The van der Waals surface area contributed by atoms with E-state index in [4.69, 9.17) is 4.74 Å². The molecule has 98 valence electrons. The molecule has 0 radical (unpaired) electrons. The fourth-order valence-electron chi connectivity index (χ4n) is 2.06. The number of nitrogens with zero attached hydrogens (tertiary/aromatic N) is 1. The third-order valence-corrected chi connectivity index (χ3v) is 3.42. The second-order valence-corrected chi connectivity index (χ2v) is 4.77. The van der Waals surface area contributed by atoms with Crippen LogP contribution in [0.25, 0.3) is 0 Å². The molecule has 2 heterocycles. The lowest BCUT2D eigenvalue weighted by molar-refractivity contribution is -0.153. The zero-order valence-corrected chi connectivity index (χ0v) is 10.5. The first kappa shape index (κ1) is 12.8. The molecule has 0 aromatic carbocycles. The zero-order valence-electron chi connectivity index (χ0n) is 10.5. The Morgan fingerprint density at radius 3 is 2.78 bits per heavy atom. The van der Waals surface area contributed by atoms with E-state index in [-0.39, 0.29) is 0 Å². The molecule has 0 bridgehead atoms. The van der Waals surface area contributed by atoms with Crippen LogP contribution in [-0.4, -0.2) is 35.8 Å². The Bertz CT molecular complexity index is 411. The molecule has 2 rings (SSSR count). The maximum absolute atomic E-state index is 11.4. The Balaban J connectivity index is 2.01. The molecular formula is C13H18N2O3. The van der Waals surface area contributed by atoms with E-state index in [0.717, 1.165) is 5.56 Å². The highest BCUT2D eigenvalue weighted by atomic mass is 16.5. The molecule has 2 N–H and O–H groups in total. The first-order valence-electron chi connectivity index (χ1n) is 6.10. The van der Waals surface area contributed by atoms with Crippen molar-refractivity contribution in [3.63, 3.8) is 0 Å². The van der Waals surface area contributed by atoms with Crippen LogP contribution in [0, 0.1) is 12.3 Å². The third kappa shape index (κ3) is 2.79. The van der Waals surface area contributed by atoms with Crippen LogP contribution in [0.3, 0.4) is 0 Å². The molecule has 1 aliphatic heterocycles. The average molecular weight is 250 g/mol. The lowest BCUT2D eigenvalue weighted by atomic mass is 9.80. The van der Waals surface area contributed by atoms with E-state index >= 15 is 0 Å². The summed E-state index contributed by atoms with van der Waals surface area (Å²) in [5, 5.41) is 12.5. The van der Waals surface area contributed by atoms with Crippen molar-refractivity contribution in [2.75, 3.05) is 25.1 Å². The lowest BCUT2D eigenvalue weighted by Gasteiger charge is -2.33. The van der Waals surface area contributed by atoms with Crippen LogP contribution in [0.1, 0.15) is 18.4 Å². The number of anilines is 1. The molecule has 1 aromatic rings. The predicted molar refractivity (Wildman–Crippen MR) is 67.6 cm³/mol. The largest absolute Gasteiger partial charge is 0.481 e. The summed E-state index contributed by atoms with van der Waals surface area (Å²) in [5.74, 6) is -0.0434. The van der Waals surface area contributed by atoms with E-state index in [1.165, 1.54) is 0 Å². The Morgan fingerprint density at radius 1 is 1.50 bits per heavy atom. The van der Waals surface area contributed by atoms with Gasteiger partial charge >= 0.3 is 5.97 Å². The van der Waals surface area contributed by atoms with Crippen LogP contribution in [0.15, 0.2) is 18.3 Å². The zero-order chi connectivity index (χ0) is 13.0. The molecule has 5 heteroatoms. The summed E-state index contributed by atoms with van der Waals surface area (Å²) in [6, 6.07) is 3.82. The van der Waals surface area contributed by atoms with Crippen LogP contribution in [-0.2, 0) is 9.53 Å². The molecule has 18 heavy (non-hydrogen) atoms. The molecule has 0 atom stereocenters. The number of aliphatic carboxylic acids is 1. The summed E-state index contributed by atoms with van der Waals surface area (Å²) in [7, 11) is 0. The predicted octanol–water partition coefficient (Wildman–Crippen LogP) is 1.68. The third-order valence-electron chi connectivity index (χ3n) is 3.42. The molecule has 0 aliphatic carbocycles. The number of carbonyl (C=O) groups is 1. The van der Waals surface area contributed by atoms with Crippen molar-refractivity contribution in [1.82, 2.24) is 4.98 Å². The SMILES string of the molecule is Cc1ccc(NCC2(C(=O)O)CCOCC2)nc1. The van der Waals surface area contributed by atoms with Gasteiger partial charge in [-0.1, -0.05) is 6.07 Å². The van der Waals surface area contributed by atoms with E-state index in [2.05, 4.69) is 10.3 Å². The van der Waals surface area contributed by atoms with Crippen LogP contribution in [0.2, 0.25) is 0 Å². The van der Waals surface area contributed by atoms with Crippen molar-refractivity contribution in [2.24, 2.45) is 5.41 Å². The molecule has 1 fully saturated rings. The molecule has 0 amide bonds. The van der Waals surface area contributed by atoms with Crippen LogP contribution in [0.5, 0.6) is 0 Å². The van der Waals surface area contributed by atoms with E-state index in [1.807, 2.05) is 19.1 Å².